The maximum absolute atomic E-state index is 6.16. The summed E-state index contributed by atoms with van der Waals surface area (Å²) >= 11 is 1.67. The second kappa shape index (κ2) is 6.12. The summed E-state index contributed by atoms with van der Waals surface area (Å²) < 4.78 is 17.0. The SMILES string of the molecule is Cc1nc(CO[C@@H]2CN(Cc3ccoc3)[C@@H]3COC[C@@H]32)cs1. The number of nitrogens with zero attached hydrogens (tertiary/aromatic N) is 2. The Morgan fingerprint density at radius 2 is 2.41 bits per heavy atom. The van der Waals surface area contributed by atoms with Gasteiger partial charge in [-0.15, -0.1) is 11.3 Å². The van der Waals surface area contributed by atoms with Crippen LogP contribution in [0.15, 0.2) is 28.4 Å². The van der Waals surface area contributed by atoms with Gasteiger partial charge < -0.3 is 13.9 Å². The van der Waals surface area contributed by atoms with Gasteiger partial charge in [0.1, 0.15) is 0 Å². The Hall–Kier alpha value is -1.21. The molecule has 0 unspecified atom stereocenters. The Labute approximate surface area is 133 Å². The number of ether oxygens (including phenoxy) is 2. The van der Waals surface area contributed by atoms with E-state index in [0.717, 1.165) is 37.0 Å². The predicted octanol–water partition coefficient (Wildman–Crippen LogP) is 2.46. The molecule has 2 aromatic rings. The Kier molecular flexibility index (Phi) is 4.00. The molecule has 5 nitrogen and oxygen atoms in total. The second-order valence-electron chi connectivity index (χ2n) is 6.04. The quantitative estimate of drug-likeness (QED) is 0.847. The summed E-state index contributed by atoms with van der Waals surface area (Å²) in [7, 11) is 0. The maximum Gasteiger partial charge on any atom is 0.0947 e. The van der Waals surface area contributed by atoms with Gasteiger partial charge in [-0.25, -0.2) is 4.98 Å². The Morgan fingerprint density at radius 3 is 3.18 bits per heavy atom. The summed E-state index contributed by atoms with van der Waals surface area (Å²) in [5.74, 6) is 0.464. The van der Waals surface area contributed by atoms with Gasteiger partial charge in [0.2, 0.25) is 0 Å². The summed E-state index contributed by atoms with van der Waals surface area (Å²) in [4.78, 5) is 6.93. The molecule has 22 heavy (non-hydrogen) atoms. The molecule has 2 aliphatic heterocycles. The molecule has 6 heteroatoms. The van der Waals surface area contributed by atoms with Crippen molar-refractivity contribution in [2.45, 2.75) is 32.2 Å². The van der Waals surface area contributed by atoms with E-state index >= 15 is 0 Å². The van der Waals surface area contributed by atoms with Crippen molar-refractivity contribution >= 4 is 11.3 Å². The van der Waals surface area contributed by atoms with Gasteiger partial charge in [-0.1, -0.05) is 0 Å². The van der Waals surface area contributed by atoms with Gasteiger partial charge in [0.05, 0.1) is 49.2 Å². The first-order valence-corrected chi connectivity index (χ1v) is 8.53. The fourth-order valence-electron chi connectivity index (χ4n) is 3.43. The lowest BCUT2D eigenvalue weighted by molar-refractivity contribution is 0.00755. The fraction of sp³-hybridized carbons (Fsp3) is 0.562. The topological polar surface area (TPSA) is 47.7 Å². The molecule has 0 aromatic carbocycles. The minimum absolute atomic E-state index is 0.224. The van der Waals surface area contributed by atoms with Crippen molar-refractivity contribution in [3.8, 4) is 0 Å². The van der Waals surface area contributed by atoms with Gasteiger partial charge in [0.15, 0.2) is 0 Å². The lowest BCUT2D eigenvalue weighted by Gasteiger charge is -2.20. The van der Waals surface area contributed by atoms with Crippen LogP contribution in [0.25, 0.3) is 0 Å². The molecule has 0 bridgehead atoms. The molecule has 2 aromatic heterocycles. The molecule has 0 saturated carbocycles. The van der Waals surface area contributed by atoms with Crippen LogP contribution in [0.5, 0.6) is 0 Å². The molecule has 0 radical (unpaired) electrons. The van der Waals surface area contributed by atoms with Crippen LogP contribution in [0, 0.1) is 12.8 Å². The maximum atomic E-state index is 6.16. The number of aryl methyl sites for hydroxylation is 1. The van der Waals surface area contributed by atoms with E-state index < -0.39 is 0 Å². The Bertz CT molecular complexity index is 613. The summed E-state index contributed by atoms with van der Waals surface area (Å²) in [6.45, 7) is 6.07. The summed E-state index contributed by atoms with van der Waals surface area (Å²) in [5, 5.41) is 3.17. The molecule has 0 N–H and O–H groups in total. The van der Waals surface area contributed by atoms with Gasteiger partial charge in [-0.05, 0) is 13.0 Å². The molecule has 4 heterocycles. The number of hydrogen-bond acceptors (Lipinski definition) is 6. The average molecular weight is 320 g/mol. The van der Waals surface area contributed by atoms with Crippen LogP contribution in [0.2, 0.25) is 0 Å². The fourth-order valence-corrected chi connectivity index (χ4v) is 4.03. The number of thiazole rings is 1. The number of furan rings is 1. The zero-order valence-electron chi connectivity index (χ0n) is 12.6. The minimum atomic E-state index is 0.224. The van der Waals surface area contributed by atoms with E-state index in [0.29, 0.717) is 18.6 Å². The van der Waals surface area contributed by atoms with Crippen molar-refractivity contribution in [3.05, 3.63) is 40.2 Å². The molecule has 3 atom stereocenters. The first-order chi connectivity index (χ1) is 10.8. The van der Waals surface area contributed by atoms with Crippen LogP contribution >= 0.6 is 11.3 Å². The normalized spacial score (nSPS) is 28.3. The highest BCUT2D eigenvalue weighted by Gasteiger charge is 2.45. The van der Waals surface area contributed by atoms with E-state index in [1.54, 1.807) is 17.6 Å². The van der Waals surface area contributed by atoms with Gasteiger partial charge in [0, 0.05) is 36.0 Å². The molecule has 0 amide bonds. The van der Waals surface area contributed by atoms with Crippen LogP contribution in [0.4, 0.5) is 0 Å². The van der Waals surface area contributed by atoms with Crippen molar-refractivity contribution < 1.29 is 13.9 Å². The number of hydrogen-bond donors (Lipinski definition) is 0. The lowest BCUT2D eigenvalue weighted by atomic mass is 10.0. The van der Waals surface area contributed by atoms with Crippen LogP contribution in [-0.2, 0) is 22.6 Å². The minimum Gasteiger partial charge on any atom is -0.472 e. The lowest BCUT2D eigenvalue weighted by Crippen LogP contribution is -2.32. The molecule has 0 aliphatic carbocycles. The third-order valence-corrected chi connectivity index (χ3v) is 5.35. The van der Waals surface area contributed by atoms with Crippen LogP contribution in [-0.4, -0.2) is 41.8 Å². The van der Waals surface area contributed by atoms with E-state index in [9.17, 15) is 0 Å². The first-order valence-electron chi connectivity index (χ1n) is 7.65. The van der Waals surface area contributed by atoms with Crippen molar-refractivity contribution in [2.24, 2.45) is 5.92 Å². The van der Waals surface area contributed by atoms with Gasteiger partial charge in [-0.3, -0.25) is 4.90 Å². The van der Waals surface area contributed by atoms with Gasteiger partial charge >= 0.3 is 0 Å². The average Bonchev–Trinajstić information content (AvgIpc) is 3.24. The highest BCUT2D eigenvalue weighted by atomic mass is 32.1. The molecule has 4 rings (SSSR count). The third kappa shape index (κ3) is 2.84. The van der Waals surface area contributed by atoms with E-state index in [-0.39, 0.29) is 6.10 Å². The largest absolute Gasteiger partial charge is 0.472 e. The van der Waals surface area contributed by atoms with Crippen molar-refractivity contribution in [3.63, 3.8) is 0 Å². The van der Waals surface area contributed by atoms with E-state index in [1.807, 2.05) is 19.3 Å². The van der Waals surface area contributed by atoms with Gasteiger partial charge in [0.25, 0.3) is 0 Å². The molecule has 2 fully saturated rings. The zero-order valence-corrected chi connectivity index (χ0v) is 13.4. The summed E-state index contributed by atoms with van der Waals surface area (Å²) in [5.41, 5.74) is 2.24. The molecule has 2 saturated heterocycles. The second-order valence-corrected chi connectivity index (χ2v) is 7.10. The van der Waals surface area contributed by atoms with Crippen LogP contribution in [0.1, 0.15) is 16.3 Å². The highest BCUT2D eigenvalue weighted by Crippen LogP contribution is 2.33. The first kappa shape index (κ1) is 14.4. The van der Waals surface area contributed by atoms with Crippen LogP contribution < -0.4 is 0 Å². The van der Waals surface area contributed by atoms with Crippen molar-refractivity contribution in [1.82, 2.24) is 9.88 Å². The summed E-state index contributed by atoms with van der Waals surface area (Å²) in [6.07, 6.45) is 3.77. The third-order valence-electron chi connectivity index (χ3n) is 4.53. The smallest absolute Gasteiger partial charge is 0.0947 e. The number of rotatable bonds is 5. The van der Waals surface area contributed by atoms with Crippen LogP contribution in [0.3, 0.4) is 0 Å². The molecular weight excluding hydrogens is 300 g/mol. The van der Waals surface area contributed by atoms with Gasteiger partial charge in [-0.2, -0.15) is 0 Å². The molecule has 2 aliphatic rings. The number of fused-ring (bicyclic) bond motifs is 1. The van der Waals surface area contributed by atoms with Crippen molar-refractivity contribution in [2.75, 3.05) is 19.8 Å². The molecule has 118 valence electrons. The van der Waals surface area contributed by atoms with E-state index in [1.165, 1.54) is 5.56 Å². The number of likely N-dealkylation sites (tertiary alicyclic amines) is 1. The monoisotopic (exact) mass is 320 g/mol. The summed E-state index contributed by atoms with van der Waals surface area (Å²) in [6, 6.07) is 2.48. The molecule has 0 spiro atoms. The Morgan fingerprint density at radius 1 is 1.45 bits per heavy atom. The Balaban J connectivity index is 1.40. The van der Waals surface area contributed by atoms with Crippen molar-refractivity contribution in [1.29, 1.82) is 0 Å². The van der Waals surface area contributed by atoms with E-state index in [2.05, 4.69) is 15.3 Å². The highest BCUT2D eigenvalue weighted by molar-refractivity contribution is 7.09. The molecular formula is C16H20N2O3S. The van der Waals surface area contributed by atoms with E-state index in [4.69, 9.17) is 13.9 Å². The standard InChI is InChI=1S/C16H20N2O3S/c1-11-17-13(10-22-11)7-21-16-5-18(4-12-2-3-19-6-12)15-9-20-8-14(15)16/h2-3,6,10,14-16H,4-5,7-9H2,1H3/t14-,15+,16+/m0/s1. The predicted molar refractivity (Wildman–Crippen MR) is 82.6 cm³/mol. The number of aromatic nitrogens is 1. The zero-order chi connectivity index (χ0) is 14.9.